The Kier molecular flexibility index (Phi) is 6.20. The summed E-state index contributed by atoms with van der Waals surface area (Å²) in [6, 6.07) is 14.8. The molecule has 0 saturated heterocycles. The van der Waals surface area contributed by atoms with Crippen molar-refractivity contribution in [2.45, 2.75) is 20.2 Å². The maximum Gasteiger partial charge on any atom is 0.573 e. The molecule has 0 radical (unpaired) electrons. The van der Waals surface area contributed by atoms with Gasteiger partial charge in [0.1, 0.15) is 17.8 Å². The van der Waals surface area contributed by atoms with Crippen molar-refractivity contribution in [3.8, 4) is 34.1 Å². The molecule has 0 N–H and O–H groups in total. The minimum Gasteiger partial charge on any atom is -0.405 e. The minimum absolute atomic E-state index is 0.257. The van der Waals surface area contributed by atoms with E-state index in [0.717, 1.165) is 0 Å². The van der Waals surface area contributed by atoms with Crippen molar-refractivity contribution in [1.82, 2.24) is 24.5 Å². The first-order valence-electron chi connectivity index (χ1n) is 9.26. The number of alkyl halides is 3. The van der Waals surface area contributed by atoms with Crippen molar-refractivity contribution in [2.75, 3.05) is 0 Å². The van der Waals surface area contributed by atoms with Gasteiger partial charge in [0.05, 0.1) is 5.69 Å². The van der Waals surface area contributed by atoms with Gasteiger partial charge >= 0.3 is 6.36 Å². The summed E-state index contributed by atoms with van der Waals surface area (Å²) in [7, 11) is 1.76. The molecule has 0 amide bonds. The molecule has 0 fully saturated rings. The Balaban J connectivity index is 0.00000124. The molecule has 0 unspecified atom stereocenters. The maximum atomic E-state index is 12.7. The van der Waals surface area contributed by atoms with Gasteiger partial charge in [-0.15, -0.1) is 13.2 Å². The number of nitrogens with zero attached hydrogens (tertiary/aromatic N) is 5. The molecule has 0 bridgehead atoms. The van der Waals surface area contributed by atoms with E-state index in [2.05, 4.69) is 19.9 Å². The summed E-state index contributed by atoms with van der Waals surface area (Å²) in [6.07, 6.45) is -1.57. The van der Waals surface area contributed by atoms with Crippen molar-refractivity contribution in [3.63, 3.8) is 0 Å². The van der Waals surface area contributed by atoms with Gasteiger partial charge in [0, 0.05) is 18.8 Å². The predicted octanol–water partition coefficient (Wildman–Crippen LogP) is 5.26. The van der Waals surface area contributed by atoms with Gasteiger partial charge in [0.25, 0.3) is 0 Å². The smallest absolute Gasteiger partial charge is 0.405 e. The highest BCUT2D eigenvalue weighted by Crippen LogP contribution is 2.34. The average Bonchev–Trinajstić information content (AvgIpc) is 3.38. The second-order valence-corrected chi connectivity index (χ2v) is 5.95. The molecular weight excluding hydrogens is 395 g/mol. The van der Waals surface area contributed by atoms with Gasteiger partial charge in [-0.05, 0) is 29.8 Å². The summed E-state index contributed by atoms with van der Waals surface area (Å²) in [5, 5.41) is 8.50. The minimum atomic E-state index is -4.76. The Morgan fingerprint density at radius 1 is 0.967 bits per heavy atom. The highest BCUT2D eigenvalue weighted by molar-refractivity contribution is 5.72. The molecule has 6 nitrogen and oxygen atoms in total. The molecule has 9 heteroatoms. The Hall–Kier alpha value is -3.62. The van der Waals surface area contributed by atoms with Crippen LogP contribution in [0.2, 0.25) is 0 Å². The molecule has 0 atom stereocenters. The van der Waals surface area contributed by atoms with Gasteiger partial charge in [-0.2, -0.15) is 10.2 Å². The van der Waals surface area contributed by atoms with Gasteiger partial charge < -0.3 is 4.74 Å². The van der Waals surface area contributed by atoms with E-state index in [1.54, 1.807) is 59.0 Å². The average molecular weight is 415 g/mol. The van der Waals surface area contributed by atoms with Gasteiger partial charge in [0.2, 0.25) is 0 Å². The van der Waals surface area contributed by atoms with Crippen LogP contribution >= 0.6 is 0 Å². The van der Waals surface area contributed by atoms with E-state index in [1.165, 1.54) is 18.5 Å². The van der Waals surface area contributed by atoms with E-state index in [4.69, 9.17) is 0 Å². The van der Waals surface area contributed by atoms with Gasteiger partial charge in [-0.3, -0.25) is 0 Å². The molecule has 0 aliphatic carbocycles. The lowest BCUT2D eigenvalue weighted by Crippen LogP contribution is -2.17. The third kappa shape index (κ3) is 4.68. The van der Waals surface area contributed by atoms with E-state index in [1.807, 2.05) is 19.9 Å². The summed E-state index contributed by atoms with van der Waals surface area (Å²) in [6.45, 7) is 4.00. The predicted molar refractivity (Wildman–Crippen MR) is 107 cm³/mol. The molecule has 2 heterocycles. The van der Waals surface area contributed by atoms with Crippen LogP contribution in [0.1, 0.15) is 13.8 Å². The molecule has 2 aromatic carbocycles. The van der Waals surface area contributed by atoms with Crippen molar-refractivity contribution >= 4 is 0 Å². The van der Waals surface area contributed by atoms with Crippen molar-refractivity contribution < 1.29 is 17.9 Å². The van der Waals surface area contributed by atoms with Crippen LogP contribution in [0.25, 0.3) is 28.3 Å². The van der Waals surface area contributed by atoms with Crippen LogP contribution in [-0.2, 0) is 7.05 Å². The van der Waals surface area contributed by atoms with Crippen LogP contribution in [-0.4, -0.2) is 30.9 Å². The molecule has 30 heavy (non-hydrogen) atoms. The molecule has 4 aromatic rings. The lowest BCUT2D eigenvalue weighted by atomic mass is 10.0. The second-order valence-electron chi connectivity index (χ2n) is 5.95. The number of hydrogen-bond donors (Lipinski definition) is 0. The van der Waals surface area contributed by atoms with Crippen LogP contribution < -0.4 is 4.74 Å². The van der Waals surface area contributed by atoms with Gasteiger partial charge in [-0.1, -0.05) is 44.2 Å². The van der Waals surface area contributed by atoms with Crippen LogP contribution in [0.3, 0.4) is 0 Å². The fourth-order valence-electron chi connectivity index (χ4n) is 2.85. The van der Waals surface area contributed by atoms with Crippen LogP contribution in [0, 0.1) is 0 Å². The lowest BCUT2D eigenvalue weighted by Gasteiger charge is -2.14. The molecule has 0 aliphatic heterocycles. The highest BCUT2D eigenvalue weighted by atomic mass is 19.4. The third-order valence-electron chi connectivity index (χ3n) is 4.06. The third-order valence-corrected chi connectivity index (χ3v) is 4.06. The van der Waals surface area contributed by atoms with Crippen LogP contribution in [0.4, 0.5) is 13.2 Å². The first-order valence-corrected chi connectivity index (χ1v) is 9.26. The number of halogens is 3. The molecule has 0 spiro atoms. The fraction of sp³-hybridized carbons (Fsp3) is 0.190. The second kappa shape index (κ2) is 8.81. The van der Waals surface area contributed by atoms with Crippen molar-refractivity contribution in [3.05, 3.63) is 67.1 Å². The molecule has 2 aromatic heterocycles. The highest BCUT2D eigenvalue weighted by Gasteiger charge is 2.32. The zero-order valence-electron chi connectivity index (χ0n) is 16.6. The summed E-state index contributed by atoms with van der Waals surface area (Å²) in [4.78, 5) is 4.16. The zero-order valence-corrected chi connectivity index (χ0v) is 16.6. The monoisotopic (exact) mass is 415 g/mol. The summed E-state index contributed by atoms with van der Waals surface area (Å²) in [5.41, 5.74) is 2.23. The zero-order chi connectivity index (χ0) is 21.7. The number of aryl methyl sites for hydroxylation is 1. The number of benzene rings is 2. The number of para-hydroxylation sites is 1. The standard InChI is InChI=1S/C19H14F3N5O.C2H6/c1-26-18(23-12-24-26)16-9-10-27(25-16)14-6-4-5-13(11-14)15-7-2-3-8-17(15)28-19(20,21)22;1-2/h2-12H,1H3;1-2H3. The van der Waals surface area contributed by atoms with E-state index < -0.39 is 6.36 Å². The Bertz CT molecular complexity index is 1120. The van der Waals surface area contributed by atoms with Crippen molar-refractivity contribution in [2.24, 2.45) is 7.05 Å². The largest absolute Gasteiger partial charge is 0.573 e. The van der Waals surface area contributed by atoms with E-state index >= 15 is 0 Å². The van der Waals surface area contributed by atoms with Crippen molar-refractivity contribution in [1.29, 1.82) is 0 Å². The summed E-state index contributed by atoms with van der Waals surface area (Å²) >= 11 is 0. The quantitative estimate of drug-likeness (QED) is 0.456. The summed E-state index contributed by atoms with van der Waals surface area (Å²) < 4.78 is 45.5. The van der Waals surface area contributed by atoms with Gasteiger partial charge in [-0.25, -0.2) is 14.3 Å². The Morgan fingerprint density at radius 3 is 2.43 bits per heavy atom. The number of aromatic nitrogens is 5. The lowest BCUT2D eigenvalue weighted by molar-refractivity contribution is -0.274. The normalized spacial score (nSPS) is 11.0. The Labute approximate surface area is 171 Å². The SMILES string of the molecule is CC.Cn1ncnc1-c1ccn(-c2cccc(-c3ccccc3OC(F)(F)F)c2)n1. The molecule has 0 saturated carbocycles. The topological polar surface area (TPSA) is 57.8 Å². The maximum absolute atomic E-state index is 12.7. The fourth-order valence-corrected chi connectivity index (χ4v) is 2.85. The first-order chi connectivity index (χ1) is 14.4. The molecule has 4 rings (SSSR count). The number of rotatable bonds is 4. The van der Waals surface area contributed by atoms with Crippen LogP contribution in [0.5, 0.6) is 5.75 Å². The van der Waals surface area contributed by atoms with E-state index in [0.29, 0.717) is 28.3 Å². The molecule has 156 valence electrons. The van der Waals surface area contributed by atoms with Crippen LogP contribution in [0.15, 0.2) is 67.1 Å². The van der Waals surface area contributed by atoms with E-state index in [9.17, 15) is 13.2 Å². The van der Waals surface area contributed by atoms with E-state index in [-0.39, 0.29) is 5.75 Å². The molecule has 0 aliphatic rings. The first kappa shape index (κ1) is 21.1. The molecular formula is C21H20F3N5O. The van der Waals surface area contributed by atoms with Gasteiger partial charge in [0.15, 0.2) is 5.82 Å². The number of hydrogen-bond acceptors (Lipinski definition) is 4. The Morgan fingerprint density at radius 2 is 1.73 bits per heavy atom. The number of ether oxygens (including phenoxy) is 1. The summed E-state index contributed by atoms with van der Waals surface area (Å²) in [5.74, 6) is 0.353.